The van der Waals surface area contributed by atoms with Crippen molar-refractivity contribution in [2.24, 2.45) is 0 Å². The van der Waals surface area contributed by atoms with Crippen molar-refractivity contribution in [2.45, 2.75) is 6.92 Å². The van der Waals surface area contributed by atoms with E-state index < -0.39 is 12.6 Å². The molecule has 0 bridgehead atoms. The fourth-order valence-electron chi connectivity index (χ4n) is 1.45. The van der Waals surface area contributed by atoms with Gasteiger partial charge in [0, 0.05) is 0 Å². The van der Waals surface area contributed by atoms with Gasteiger partial charge in [0.2, 0.25) is 0 Å². The van der Waals surface area contributed by atoms with E-state index in [0.717, 1.165) is 11.5 Å². The van der Waals surface area contributed by atoms with Crippen molar-refractivity contribution < 1.29 is 19.4 Å². The summed E-state index contributed by atoms with van der Waals surface area (Å²) in [7, 11) is 0. The Labute approximate surface area is 118 Å². The molecule has 20 heavy (non-hydrogen) atoms. The molecule has 2 N–H and O–H groups in total. The van der Waals surface area contributed by atoms with E-state index in [-0.39, 0.29) is 5.91 Å². The van der Waals surface area contributed by atoms with Gasteiger partial charge in [-0.3, -0.25) is 4.79 Å². The third-order valence-corrected chi connectivity index (χ3v) is 3.17. The summed E-state index contributed by atoms with van der Waals surface area (Å²) in [4.78, 5) is 22.9. The standard InChI is InChI=1S/C12H11N3O4S/c1-7-11(20-15-14-7)12(18)13-8-4-2-3-5-9(8)19-6-10(16)17/h2-5H,6H2,1H3,(H,13,18)(H,16,17). The van der Waals surface area contributed by atoms with Crippen LogP contribution in [0.1, 0.15) is 15.4 Å². The van der Waals surface area contributed by atoms with E-state index in [2.05, 4.69) is 14.9 Å². The SMILES string of the molecule is Cc1nnsc1C(=O)Nc1ccccc1OCC(=O)O. The molecular weight excluding hydrogens is 282 g/mol. The molecule has 0 fully saturated rings. The predicted octanol–water partition coefficient (Wildman–Crippen LogP) is 1.56. The van der Waals surface area contributed by atoms with Gasteiger partial charge in [-0.05, 0) is 30.6 Å². The van der Waals surface area contributed by atoms with Crippen LogP contribution in [0.15, 0.2) is 24.3 Å². The Morgan fingerprint density at radius 1 is 1.40 bits per heavy atom. The number of carbonyl (C=O) groups excluding carboxylic acids is 1. The number of aryl methyl sites for hydroxylation is 1. The molecule has 8 heteroatoms. The number of hydrogen-bond acceptors (Lipinski definition) is 6. The maximum atomic E-state index is 12.0. The smallest absolute Gasteiger partial charge is 0.341 e. The molecule has 1 amide bonds. The van der Waals surface area contributed by atoms with Crippen LogP contribution in [0, 0.1) is 6.92 Å². The van der Waals surface area contributed by atoms with E-state index in [4.69, 9.17) is 9.84 Å². The second-order valence-corrected chi connectivity index (χ2v) is 4.57. The minimum Gasteiger partial charge on any atom is -0.480 e. The van der Waals surface area contributed by atoms with E-state index in [1.807, 2.05) is 0 Å². The average molecular weight is 293 g/mol. The van der Waals surface area contributed by atoms with E-state index in [9.17, 15) is 9.59 Å². The number of ether oxygens (including phenoxy) is 1. The molecule has 0 spiro atoms. The lowest BCUT2D eigenvalue weighted by molar-refractivity contribution is -0.139. The Morgan fingerprint density at radius 2 is 2.15 bits per heavy atom. The van der Waals surface area contributed by atoms with Crippen molar-refractivity contribution >= 4 is 29.1 Å². The topological polar surface area (TPSA) is 101 Å². The Morgan fingerprint density at radius 3 is 2.80 bits per heavy atom. The Balaban J connectivity index is 2.15. The number of amides is 1. The summed E-state index contributed by atoms with van der Waals surface area (Å²) >= 11 is 0.993. The van der Waals surface area contributed by atoms with Crippen molar-refractivity contribution in [3.05, 3.63) is 34.8 Å². The molecule has 0 saturated carbocycles. The largest absolute Gasteiger partial charge is 0.480 e. The van der Waals surface area contributed by atoms with Crippen LogP contribution in [0.3, 0.4) is 0 Å². The first-order valence-corrected chi connectivity index (χ1v) is 6.39. The molecule has 0 atom stereocenters. The average Bonchev–Trinajstić information content (AvgIpc) is 2.84. The minimum absolute atomic E-state index is 0.290. The highest BCUT2D eigenvalue weighted by Crippen LogP contribution is 2.25. The van der Waals surface area contributed by atoms with Crippen molar-refractivity contribution in [1.29, 1.82) is 0 Å². The number of carboxylic acid groups (broad SMARTS) is 1. The number of rotatable bonds is 5. The van der Waals surface area contributed by atoms with Crippen LogP contribution < -0.4 is 10.1 Å². The number of nitrogens with one attached hydrogen (secondary N) is 1. The number of hydrogen-bond donors (Lipinski definition) is 2. The van der Waals surface area contributed by atoms with Crippen LogP contribution in [-0.2, 0) is 4.79 Å². The molecule has 7 nitrogen and oxygen atoms in total. The van der Waals surface area contributed by atoms with Crippen molar-refractivity contribution in [2.75, 3.05) is 11.9 Å². The van der Waals surface area contributed by atoms with Gasteiger partial charge in [0.15, 0.2) is 6.61 Å². The third kappa shape index (κ3) is 3.29. The van der Waals surface area contributed by atoms with Crippen LogP contribution in [0.25, 0.3) is 0 Å². The number of anilines is 1. The molecule has 2 rings (SSSR count). The molecule has 0 aliphatic rings. The fraction of sp³-hybridized carbons (Fsp3) is 0.167. The molecule has 0 aliphatic heterocycles. The molecule has 104 valence electrons. The van der Waals surface area contributed by atoms with Crippen molar-refractivity contribution in [3.63, 3.8) is 0 Å². The van der Waals surface area contributed by atoms with Crippen LogP contribution in [0.2, 0.25) is 0 Å². The number of aliphatic carboxylic acids is 1. The van der Waals surface area contributed by atoms with E-state index in [0.29, 0.717) is 22.0 Å². The van der Waals surface area contributed by atoms with Gasteiger partial charge in [-0.25, -0.2) is 4.79 Å². The van der Waals surface area contributed by atoms with Gasteiger partial charge in [0.25, 0.3) is 5.91 Å². The summed E-state index contributed by atoms with van der Waals surface area (Å²) in [6, 6.07) is 6.60. The second-order valence-electron chi connectivity index (χ2n) is 3.82. The van der Waals surface area contributed by atoms with E-state index in [1.54, 1.807) is 31.2 Å². The summed E-state index contributed by atoms with van der Waals surface area (Å²) in [5, 5.41) is 15.0. The predicted molar refractivity (Wildman–Crippen MR) is 72.2 cm³/mol. The fourth-order valence-corrected chi connectivity index (χ4v) is 2.01. The summed E-state index contributed by atoms with van der Waals surface area (Å²) in [6.45, 7) is 1.21. The van der Waals surface area contributed by atoms with Gasteiger partial charge >= 0.3 is 5.97 Å². The number of para-hydroxylation sites is 2. The Kier molecular flexibility index (Phi) is 4.26. The molecule has 0 saturated heterocycles. The summed E-state index contributed by atoms with van der Waals surface area (Å²) in [5.74, 6) is -1.16. The van der Waals surface area contributed by atoms with Gasteiger partial charge in [-0.2, -0.15) is 0 Å². The monoisotopic (exact) mass is 293 g/mol. The lowest BCUT2D eigenvalue weighted by Crippen LogP contribution is -2.14. The molecular formula is C12H11N3O4S. The lowest BCUT2D eigenvalue weighted by Gasteiger charge is -2.10. The highest BCUT2D eigenvalue weighted by atomic mass is 32.1. The van der Waals surface area contributed by atoms with Crippen molar-refractivity contribution in [3.8, 4) is 5.75 Å². The second kappa shape index (κ2) is 6.11. The number of nitrogens with zero attached hydrogens (tertiary/aromatic N) is 2. The van der Waals surface area contributed by atoms with Gasteiger partial charge < -0.3 is 15.2 Å². The lowest BCUT2D eigenvalue weighted by atomic mass is 10.2. The number of aromatic nitrogens is 2. The zero-order valence-electron chi connectivity index (χ0n) is 10.5. The third-order valence-electron chi connectivity index (χ3n) is 2.34. The summed E-state index contributed by atoms with van der Waals surface area (Å²) in [6.07, 6.45) is 0. The zero-order valence-corrected chi connectivity index (χ0v) is 11.3. The van der Waals surface area contributed by atoms with Crippen LogP contribution in [-0.4, -0.2) is 33.2 Å². The van der Waals surface area contributed by atoms with E-state index in [1.165, 1.54) is 0 Å². The van der Waals surface area contributed by atoms with Crippen LogP contribution >= 0.6 is 11.5 Å². The van der Waals surface area contributed by atoms with Gasteiger partial charge in [-0.15, -0.1) is 5.10 Å². The maximum Gasteiger partial charge on any atom is 0.341 e. The Bertz CT molecular complexity index is 641. The Hall–Kier alpha value is -2.48. The molecule has 2 aromatic rings. The molecule has 1 heterocycles. The molecule has 0 aliphatic carbocycles. The molecule has 1 aromatic heterocycles. The van der Waals surface area contributed by atoms with Gasteiger partial charge in [0.05, 0.1) is 11.4 Å². The van der Waals surface area contributed by atoms with Gasteiger partial charge in [-0.1, -0.05) is 16.6 Å². The summed E-state index contributed by atoms with van der Waals surface area (Å²) < 4.78 is 8.79. The van der Waals surface area contributed by atoms with Crippen molar-refractivity contribution in [1.82, 2.24) is 9.59 Å². The number of benzene rings is 1. The maximum absolute atomic E-state index is 12.0. The first-order valence-electron chi connectivity index (χ1n) is 5.62. The summed E-state index contributed by atoms with van der Waals surface area (Å²) in [5.41, 5.74) is 0.933. The molecule has 0 unspecified atom stereocenters. The number of carboxylic acids is 1. The van der Waals surface area contributed by atoms with E-state index >= 15 is 0 Å². The van der Waals surface area contributed by atoms with Crippen LogP contribution in [0.5, 0.6) is 5.75 Å². The first-order chi connectivity index (χ1) is 9.58. The molecule has 1 aromatic carbocycles. The molecule has 0 radical (unpaired) electrons. The van der Waals surface area contributed by atoms with Crippen LogP contribution in [0.4, 0.5) is 5.69 Å². The normalized spacial score (nSPS) is 10.1. The highest BCUT2D eigenvalue weighted by Gasteiger charge is 2.15. The highest BCUT2D eigenvalue weighted by molar-refractivity contribution is 7.08. The zero-order chi connectivity index (χ0) is 14.5. The first kappa shape index (κ1) is 13.9. The minimum atomic E-state index is -1.09. The van der Waals surface area contributed by atoms with Gasteiger partial charge in [0.1, 0.15) is 10.6 Å². The quantitative estimate of drug-likeness (QED) is 0.867. The number of carbonyl (C=O) groups is 2.